The molecular formula is C7H7N5S. The van der Waals surface area contributed by atoms with Crippen molar-refractivity contribution in [3.8, 4) is 5.82 Å². The minimum Gasteiger partial charge on any atom is -0.231 e. The first-order valence-electron chi connectivity index (χ1n) is 3.64. The van der Waals surface area contributed by atoms with Crippen LogP contribution in [0.5, 0.6) is 0 Å². The molecule has 6 heteroatoms. The topological polar surface area (TPSA) is 56.5 Å². The summed E-state index contributed by atoms with van der Waals surface area (Å²) in [7, 11) is 0. The molecule has 0 atom stereocenters. The molecule has 0 unspecified atom stereocenters. The highest BCUT2D eigenvalue weighted by molar-refractivity contribution is 7.98. The maximum absolute atomic E-state index is 4.25. The van der Waals surface area contributed by atoms with E-state index in [1.165, 1.54) is 11.8 Å². The first kappa shape index (κ1) is 8.18. The maximum atomic E-state index is 4.25. The summed E-state index contributed by atoms with van der Waals surface area (Å²) in [4.78, 5) is 8.30. The van der Waals surface area contributed by atoms with Crippen molar-refractivity contribution in [2.45, 2.75) is 5.16 Å². The van der Waals surface area contributed by atoms with Gasteiger partial charge in [0.25, 0.3) is 0 Å². The van der Waals surface area contributed by atoms with Gasteiger partial charge in [0.2, 0.25) is 0 Å². The largest absolute Gasteiger partial charge is 0.231 e. The second kappa shape index (κ2) is 3.53. The minimum atomic E-state index is 0.730. The molecular weight excluding hydrogens is 186 g/mol. The molecule has 0 radical (unpaired) electrons. The molecule has 2 heterocycles. The molecule has 0 N–H and O–H groups in total. The van der Waals surface area contributed by atoms with Gasteiger partial charge in [0.15, 0.2) is 11.0 Å². The molecule has 2 rings (SSSR count). The molecule has 0 bridgehead atoms. The highest BCUT2D eigenvalue weighted by Gasteiger charge is 1.99. The fourth-order valence-corrected chi connectivity index (χ4v) is 1.24. The molecule has 2 aromatic heterocycles. The third kappa shape index (κ3) is 1.67. The van der Waals surface area contributed by atoms with E-state index in [9.17, 15) is 0 Å². The van der Waals surface area contributed by atoms with Crippen molar-refractivity contribution < 1.29 is 0 Å². The van der Waals surface area contributed by atoms with Gasteiger partial charge in [-0.15, -0.1) is 5.10 Å². The maximum Gasteiger partial charge on any atom is 0.189 e. The van der Waals surface area contributed by atoms with E-state index in [-0.39, 0.29) is 0 Å². The van der Waals surface area contributed by atoms with E-state index >= 15 is 0 Å². The van der Waals surface area contributed by atoms with E-state index < -0.39 is 0 Å². The Labute approximate surface area is 79.2 Å². The van der Waals surface area contributed by atoms with Crippen molar-refractivity contribution in [2.24, 2.45) is 0 Å². The Morgan fingerprint density at radius 1 is 1.38 bits per heavy atom. The number of thioether (sulfide) groups is 1. The van der Waals surface area contributed by atoms with Gasteiger partial charge in [-0.3, -0.25) is 0 Å². The lowest BCUT2D eigenvalue weighted by atomic mass is 10.6. The van der Waals surface area contributed by atoms with Crippen LogP contribution < -0.4 is 0 Å². The molecule has 0 spiro atoms. The van der Waals surface area contributed by atoms with Crippen LogP contribution in [0.25, 0.3) is 5.82 Å². The van der Waals surface area contributed by atoms with Crippen molar-refractivity contribution in [3.63, 3.8) is 0 Å². The number of hydrogen-bond donors (Lipinski definition) is 0. The molecule has 0 saturated carbocycles. The second-order valence-corrected chi connectivity index (χ2v) is 3.02. The van der Waals surface area contributed by atoms with Gasteiger partial charge in [-0.2, -0.15) is 0 Å². The van der Waals surface area contributed by atoms with E-state index in [2.05, 4.69) is 20.3 Å². The Bertz CT molecular complexity index is 386. The van der Waals surface area contributed by atoms with E-state index in [0.717, 1.165) is 11.0 Å². The molecule has 0 aliphatic rings. The monoisotopic (exact) mass is 193 g/mol. The molecule has 2 aromatic rings. The van der Waals surface area contributed by atoms with Crippen LogP contribution in [0, 0.1) is 0 Å². The zero-order valence-electron chi connectivity index (χ0n) is 6.95. The summed E-state index contributed by atoms with van der Waals surface area (Å²) in [5, 5.41) is 8.26. The van der Waals surface area contributed by atoms with Gasteiger partial charge in [0.05, 0.1) is 12.4 Å². The number of hydrogen-bond acceptors (Lipinski definition) is 5. The first-order valence-corrected chi connectivity index (χ1v) is 4.86. The summed E-state index contributed by atoms with van der Waals surface area (Å²) in [6.45, 7) is 0. The molecule has 0 fully saturated rings. The van der Waals surface area contributed by atoms with Crippen molar-refractivity contribution in [2.75, 3.05) is 6.26 Å². The Morgan fingerprint density at radius 3 is 3.00 bits per heavy atom. The average Bonchev–Trinajstić information content (AvgIpc) is 2.71. The van der Waals surface area contributed by atoms with Gasteiger partial charge in [-0.25, -0.2) is 14.6 Å². The van der Waals surface area contributed by atoms with Crippen LogP contribution in [0.1, 0.15) is 0 Å². The summed E-state index contributed by atoms with van der Waals surface area (Å²) in [6.07, 6.45) is 6.99. The lowest BCUT2D eigenvalue weighted by Crippen LogP contribution is -1.99. The first-order chi connectivity index (χ1) is 6.40. The van der Waals surface area contributed by atoms with Crippen molar-refractivity contribution in [1.82, 2.24) is 25.0 Å². The van der Waals surface area contributed by atoms with Crippen LogP contribution in [0.15, 0.2) is 29.8 Å². The summed E-state index contributed by atoms with van der Waals surface area (Å²) < 4.78 is 1.60. The van der Waals surface area contributed by atoms with Gasteiger partial charge >= 0.3 is 0 Å². The molecule has 0 saturated heterocycles. The van der Waals surface area contributed by atoms with Crippen LogP contribution in [0.4, 0.5) is 0 Å². The molecule has 0 aromatic carbocycles. The molecule has 0 aliphatic heterocycles. The van der Waals surface area contributed by atoms with E-state index in [4.69, 9.17) is 0 Å². The van der Waals surface area contributed by atoms with Crippen molar-refractivity contribution >= 4 is 11.8 Å². The highest BCUT2D eigenvalue weighted by atomic mass is 32.2. The van der Waals surface area contributed by atoms with Crippen LogP contribution >= 0.6 is 11.8 Å². The fraction of sp³-hybridized carbons (Fsp3) is 0.143. The summed E-state index contributed by atoms with van der Waals surface area (Å²) in [6, 6.07) is 1.79. The van der Waals surface area contributed by atoms with Gasteiger partial charge in [0.1, 0.15) is 0 Å². The molecule has 0 amide bonds. The number of nitrogens with zero attached hydrogens (tertiary/aromatic N) is 5. The van der Waals surface area contributed by atoms with E-state index in [0.29, 0.717) is 0 Å². The average molecular weight is 193 g/mol. The van der Waals surface area contributed by atoms with Gasteiger partial charge < -0.3 is 0 Å². The second-order valence-electron chi connectivity index (χ2n) is 2.25. The summed E-state index contributed by atoms with van der Waals surface area (Å²) >= 11 is 1.50. The predicted molar refractivity (Wildman–Crippen MR) is 48.7 cm³/mol. The molecule has 5 nitrogen and oxygen atoms in total. The third-order valence-electron chi connectivity index (χ3n) is 1.46. The Morgan fingerprint density at radius 2 is 2.31 bits per heavy atom. The lowest BCUT2D eigenvalue weighted by Gasteiger charge is -1.99. The van der Waals surface area contributed by atoms with Crippen molar-refractivity contribution in [1.29, 1.82) is 0 Å². The molecule has 13 heavy (non-hydrogen) atoms. The van der Waals surface area contributed by atoms with Crippen LogP contribution in [-0.4, -0.2) is 31.2 Å². The third-order valence-corrected chi connectivity index (χ3v) is 2.02. The normalized spacial score (nSPS) is 10.2. The van der Waals surface area contributed by atoms with E-state index in [1.54, 1.807) is 29.3 Å². The van der Waals surface area contributed by atoms with E-state index in [1.807, 2.05) is 6.26 Å². The van der Waals surface area contributed by atoms with Gasteiger partial charge in [-0.1, -0.05) is 17.0 Å². The standard InChI is InChI=1S/C7H7N5S/c1-13-7-8-3-2-6(10-7)12-5-4-9-11-12/h2-5H,1H3. The van der Waals surface area contributed by atoms with Gasteiger partial charge in [0, 0.05) is 12.3 Å². The Balaban J connectivity index is 2.41. The zero-order valence-corrected chi connectivity index (χ0v) is 7.77. The zero-order chi connectivity index (χ0) is 9.10. The number of rotatable bonds is 2. The van der Waals surface area contributed by atoms with Crippen LogP contribution in [0.3, 0.4) is 0 Å². The molecule has 66 valence electrons. The lowest BCUT2D eigenvalue weighted by molar-refractivity contribution is 0.759. The van der Waals surface area contributed by atoms with Crippen molar-refractivity contribution in [3.05, 3.63) is 24.7 Å². The quantitative estimate of drug-likeness (QED) is 0.521. The fourth-order valence-electron chi connectivity index (χ4n) is 0.888. The van der Waals surface area contributed by atoms with Crippen LogP contribution in [-0.2, 0) is 0 Å². The minimum absolute atomic E-state index is 0.730. The Kier molecular flexibility index (Phi) is 2.22. The smallest absolute Gasteiger partial charge is 0.189 e. The Hall–Kier alpha value is -1.43. The van der Waals surface area contributed by atoms with Crippen LogP contribution in [0.2, 0.25) is 0 Å². The highest BCUT2D eigenvalue weighted by Crippen LogP contribution is 2.09. The number of aromatic nitrogens is 5. The summed E-state index contributed by atoms with van der Waals surface area (Å²) in [5.74, 6) is 0.733. The molecule has 0 aliphatic carbocycles. The predicted octanol–water partition coefficient (Wildman–Crippen LogP) is 0.779. The summed E-state index contributed by atoms with van der Waals surface area (Å²) in [5.41, 5.74) is 0. The SMILES string of the molecule is CSc1nccc(-n2ccnn2)n1. The van der Waals surface area contributed by atoms with Gasteiger partial charge in [-0.05, 0) is 6.26 Å².